The van der Waals surface area contributed by atoms with Gasteiger partial charge in [0.2, 0.25) is 0 Å². The number of aromatic amines is 1. The molecular formula is C36H33N9. The Balaban J connectivity index is 1.01. The molecule has 1 saturated heterocycles. The number of aryl methyl sites for hydroxylation is 2. The van der Waals surface area contributed by atoms with E-state index in [1.807, 2.05) is 48.1 Å². The van der Waals surface area contributed by atoms with Gasteiger partial charge in [-0.25, -0.2) is 15.0 Å². The molecule has 0 aliphatic carbocycles. The topological polar surface area (TPSA) is 101 Å². The molecule has 9 nitrogen and oxygen atoms in total. The third-order valence-electron chi connectivity index (χ3n) is 8.72. The van der Waals surface area contributed by atoms with Gasteiger partial charge in [0.1, 0.15) is 11.5 Å². The summed E-state index contributed by atoms with van der Waals surface area (Å²) >= 11 is 0. The zero-order valence-electron chi connectivity index (χ0n) is 25.4. The van der Waals surface area contributed by atoms with Gasteiger partial charge in [0, 0.05) is 47.4 Å². The van der Waals surface area contributed by atoms with Crippen molar-refractivity contribution in [3.8, 4) is 33.9 Å². The van der Waals surface area contributed by atoms with Crippen molar-refractivity contribution < 1.29 is 0 Å². The van der Waals surface area contributed by atoms with Crippen molar-refractivity contribution in [3.63, 3.8) is 0 Å². The molecule has 0 radical (unpaired) electrons. The number of fused-ring (bicyclic) bond motifs is 3. The van der Waals surface area contributed by atoms with E-state index >= 15 is 0 Å². The summed E-state index contributed by atoms with van der Waals surface area (Å²) in [7, 11) is 0. The van der Waals surface area contributed by atoms with E-state index in [2.05, 4.69) is 91.7 Å². The van der Waals surface area contributed by atoms with Gasteiger partial charge in [-0.2, -0.15) is 14.7 Å². The van der Waals surface area contributed by atoms with Crippen molar-refractivity contribution in [1.29, 1.82) is 0 Å². The number of likely N-dealkylation sites (tertiary alicyclic amines) is 1. The Morgan fingerprint density at radius 2 is 1.67 bits per heavy atom. The summed E-state index contributed by atoms with van der Waals surface area (Å²) in [6, 6.07) is 27.5. The van der Waals surface area contributed by atoms with Crippen LogP contribution in [0.3, 0.4) is 0 Å². The molecule has 1 aliphatic heterocycles. The Morgan fingerprint density at radius 1 is 0.844 bits per heavy atom. The standard InChI is InChI=1S/C36H33N9/c1-23-12-15-37-31(18-23)35-40-34(41-42-35)28-13-16-44(17-14-28)22-25-8-10-27(11-9-25)33-30(26-6-4-3-5-7-26)20-29-21-38-32-19-24(2)43-45(32)36(29)39-33/h3-12,15,18-21,28H,13-14,16-17,22H2,1-2H3,(H,40,41,42). The lowest BCUT2D eigenvalue weighted by atomic mass is 9.95. The van der Waals surface area contributed by atoms with Crippen LogP contribution in [-0.2, 0) is 6.54 Å². The van der Waals surface area contributed by atoms with Crippen molar-refractivity contribution in [3.05, 3.63) is 114 Å². The third-order valence-corrected chi connectivity index (χ3v) is 8.72. The van der Waals surface area contributed by atoms with Crippen LogP contribution >= 0.6 is 0 Å². The van der Waals surface area contributed by atoms with Gasteiger partial charge >= 0.3 is 0 Å². The molecule has 222 valence electrons. The molecule has 8 rings (SSSR count). The fourth-order valence-electron chi connectivity index (χ4n) is 6.33. The lowest BCUT2D eigenvalue weighted by molar-refractivity contribution is 0.202. The van der Waals surface area contributed by atoms with Crippen LogP contribution in [0.25, 0.3) is 50.6 Å². The molecular weight excluding hydrogens is 558 g/mol. The zero-order chi connectivity index (χ0) is 30.3. The van der Waals surface area contributed by atoms with Crippen molar-refractivity contribution in [1.82, 2.24) is 44.6 Å². The highest BCUT2D eigenvalue weighted by Gasteiger charge is 2.24. The molecule has 1 aliphatic rings. The summed E-state index contributed by atoms with van der Waals surface area (Å²) in [6.07, 6.45) is 5.80. The molecule has 1 fully saturated rings. The number of benzene rings is 2. The van der Waals surface area contributed by atoms with Crippen LogP contribution in [0.2, 0.25) is 0 Å². The highest BCUT2D eigenvalue weighted by molar-refractivity contribution is 5.90. The minimum absolute atomic E-state index is 0.380. The van der Waals surface area contributed by atoms with E-state index in [-0.39, 0.29) is 0 Å². The Bertz CT molecular complexity index is 2120. The summed E-state index contributed by atoms with van der Waals surface area (Å²) in [4.78, 5) is 21.6. The van der Waals surface area contributed by atoms with Crippen LogP contribution in [0.1, 0.15) is 41.4 Å². The highest BCUT2D eigenvalue weighted by atomic mass is 15.3. The van der Waals surface area contributed by atoms with Gasteiger partial charge in [0.25, 0.3) is 0 Å². The van der Waals surface area contributed by atoms with Crippen LogP contribution < -0.4 is 0 Å². The maximum atomic E-state index is 5.20. The first kappa shape index (κ1) is 27.3. The van der Waals surface area contributed by atoms with Crippen LogP contribution in [0, 0.1) is 13.8 Å². The Hall–Kier alpha value is -5.28. The lowest BCUT2D eigenvalue weighted by Gasteiger charge is -2.31. The number of hydrogen-bond acceptors (Lipinski definition) is 7. The van der Waals surface area contributed by atoms with Crippen molar-refractivity contribution in [2.75, 3.05) is 13.1 Å². The summed E-state index contributed by atoms with van der Waals surface area (Å²) in [6.45, 7) is 6.99. The fourth-order valence-corrected chi connectivity index (χ4v) is 6.33. The molecule has 9 heteroatoms. The number of H-pyrrole nitrogens is 1. The van der Waals surface area contributed by atoms with Crippen molar-refractivity contribution in [2.45, 2.75) is 39.2 Å². The second-order valence-corrected chi connectivity index (χ2v) is 12.0. The quantitative estimate of drug-likeness (QED) is 0.227. The lowest BCUT2D eigenvalue weighted by Crippen LogP contribution is -2.32. The minimum atomic E-state index is 0.380. The van der Waals surface area contributed by atoms with Gasteiger partial charge in [-0.15, -0.1) is 0 Å². The fraction of sp³-hybridized carbons (Fsp3) is 0.222. The van der Waals surface area contributed by atoms with Gasteiger partial charge in [-0.05, 0) is 74.7 Å². The Labute approximate surface area is 261 Å². The summed E-state index contributed by atoms with van der Waals surface area (Å²) in [5.41, 5.74) is 10.0. The number of aromatic nitrogens is 8. The summed E-state index contributed by atoms with van der Waals surface area (Å²) < 4.78 is 1.85. The van der Waals surface area contributed by atoms with E-state index in [0.29, 0.717) is 11.7 Å². The first-order chi connectivity index (χ1) is 22.1. The molecule has 1 N–H and O–H groups in total. The van der Waals surface area contributed by atoms with Crippen LogP contribution in [0.15, 0.2) is 91.3 Å². The van der Waals surface area contributed by atoms with E-state index in [0.717, 1.165) is 94.3 Å². The Morgan fingerprint density at radius 3 is 2.47 bits per heavy atom. The Kier molecular flexibility index (Phi) is 6.87. The van der Waals surface area contributed by atoms with Crippen LogP contribution in [0.4, 0.5) is 0 Å². The molecule has 5 aromatic heterocycles. The van der Waals surface area contributed by atoms with E-state index in [1.54, 1.807) is 0 Å². The van der Waals surface area contributed by atoms with Gasteiger partial charge in [0.15, 0.2) is 17.1 Å². The zero-order valence-corrected chi connectivity index (χ0v) is 25.4. The molecule has 0 amide bonds. The predicted octanol–water partition coefficient (Wildman–Crippen LogP) is 6.79. The molecule has 0 saturated carbocycles. The molecule has 2 aromatic carbocycles. The molecule has 6 heterocycles. The number of piperidine rings is 1. The maximum Gasteiger partial charge on any atom is 0.199 e. The highest BCUT2D eigenvalue weighted by Crippen LogP contribution is 2.34. The maximum absolute atomic E-state index is 5.20. The first-order valence-corrected chi connectivity index (χ1v) is 15.5. The van der Waals surface area contributed by atoms with Crippen molar-refractivity contribution in [2.24, 2.45) is 0 Å². The van der Waals surface area contributed by atoms with E-state index in [4.69, 9.17) is 9.97 Å². The first-order valence-electron chi connectivity index (χ1n) is 15.5. The van der Waals surface area contributed by atoms with E-state index in [9.17, 15) is 0 Å². The minimum Gasteiger partial charge on any atom is -0.299 e. The number of nitrogens with one attached hydrogen (secondary N) is 1. The van der Waals surface area contributed by atoms with Crippen LogP contribution in [0.5, 0.6) is 0 Å². The third kappa shape index (κ3) is 5.36. The van der Waals surface area contributed by atoms with Gasteiger partial charge in [-0.1, -0.05) is 54.6 Å². The molecule has 45 heavy (non-hydrogen) atoms. The van der Waals surface area contributed by atoms with E-state index < -0.39 is 0 Å². The molecule has 7 aromatic rings. The average molecular weight is 592 g/mol. The smallest absolute Gasteiger partial charge is 0.199 e. The van der Waals surface area contributed by atoms with Gasteiger partial charge in [-0.3, -0.25) is 15.0 Å². The van der Waals surface area contributed by atoms with Crippen molar-refractivity contribution >= 4 is 16.7 Å². The molecule has 0 unspecified atom stereocenters. The normalized spacial score (nSPS) is 14.4. The van der Waals surface area contributed by atoms with Gasteiger partial charge in [0.05, 0.1) is 11.4 Å². The molecule has 0 bridgehead atoms. The number of pyridine rings is 2. The molecule has 0 spiro atoms. The van der Waals surface area contributed by atoms with Crippen LogP contribution in [-0.4, -0.2) is 57.7 Å². The summed E-state index contributed by atoms with van der Waals surface area (Å²) in [5.74, 6) is 2.02. The molecule has 0 atom stereocenters. The number of nitrogens with zero attached hydrogens (tertiary/aromatic N) is 8. The second kappa shape index (κ2) is 11.3. The van der Waals surface area contributed by atoms with Gasteiger partial charge < -0.3 is 0 Å². The number of hydrogen-bond donors (Lipinski definition) is 1. The van der Waals surface area contributed by atoms with E-state index in [1.165, 1.54) is 5.56 Å². The predicted molar refractivity (Wildman–Crippen MR) is 175 cm³/mol. The number of rotatable bonds is 6. The summed E-state index contributed by atoms with van der Waals surface area (Å²) in [5, 5.41) is 13.3. The monoisotopic (exact) mass is 591 g/mol. The largest absolute Gasteiger partial charge is 0.299 e. The average Bonchev–Trinajstić information content (AvgIpc) is 3.72. The SMILES string of the molecule is Cc1ccnc(-c2n[nH]c(C3CCN(Cc4ccc(-c5nc6c(cnc7cc(C)nn76)cc5-c5ccccc5)cc4)CC3)n2)c1. The second-order valence-electron chi connectivity index (χ2n) is 12.0.